The molecule has 184 valence electrons. The number of alkyl halides is 5. The predicted octanol–water partition coefficient (Wildman–Crippen LogP) is 4.61. The van der Waals surface area contributed by atoms with Gasteiger partial charge in [0.2, 0.25) is 0 Å². The van der Waals surface area contributed by atoms with Crippen LogP contribution < -0.4 is 15.4 Å². The summed E-state index contributed by atoms with van der Waals surface area (Å²) in [6.07, 6.45) is -3.51. The van der Waals surface area contributed by atoms with E-state index in [1.165, 1.54) is 18.2 Å². The van der Waals surface area contributed by atoms with Gasteiger partial charge in [-0.05, 0) is 30.5 Å². The second-order valence-electron chi connectivity index (χ2n) is 8.78. The van der Waals surface area contributed by atoms with E-state index in [0.29, 0.717) is 35.4 Å². The van der Waals surface area contributed by atoms with Gasteiger partial charge in [0.05, 0.1) is 35.6 Å². The average Bonchev–Trinajstić information content (AvgIpc) is 3.66. The number of carbonyl (C=O) groups is 1. The molecular formula is C23H25F5N4O2. The smallest absolute Gasteiger partial charge is 0.422 e. The quantitative estimate of drug-likeness (QED) is 0.399. The largest absolute Gasteiger partial charge is 0.454 e. The van der Waals surface area contributed by atoms with Gasteiger partial charge in [0.15, 0.2) is 12.4 Å². The second-order valence-corrected chi connectivity index (χ2v) is 8.78. The van der Waals surface area contributed by atoms with E-state index in [0.717, 1.165) is 6.92 Å². The Kier molecular flexibility index (Phi) is 6.36. The molecule has 2 aliphatic rings. The van der Waals surface area contributed by atoms with Crippen LogP contribution >= 0.6 is 0 Å². The Hall–Kier alpha value is -2.66. The molecule has 6 nitrogen and oxygen atoms in total. The molecular weight excluding hydrogens is 459 g/mol. The van der Waals surface area contributed by atoms with Gasteiger partial charge in [-0.1, -0.05) is 25.1 Å². The molecule has 0 bridgehead atoms. The summed E-state index contributed by atoms with van der Waals surface area (Å²) < 4.78 is 70.5. The minimum Gasteiger partial charge on any atom is -0.454 e. The maximum absolute atomic E-state index is 13.8. The molecule has 2 N–H and O–H groups in total. The molecule has 11 heteroatoms. The first-order valence-corrected chi connectivity index (χ1v) is 11.0. The lowest BCUT2D eigenvalue weighted by Crippen LogP contribution is -2.21. The highest BCUT2D eigenvalue weighted by molar-refractivity contribution is 5.88. The number of aromatic nitrogens is 2. The van der Waals surface area contributed by atoms with E-state index in [9.17, 15) is 26.7 Å². The monoisotopic (exact) mass is 484 g/mol. The van der Waals surface area contributed by atoms with E-state index in [1.807, 2.05) is 6.92 Å². The van der Waals surface area contributed by atoms with Crippen LogP contribution in [0.1, 0.15) is 72.9 Å². The third kappa shape index (κ3) is 5.35. The van der Waals surface area contributed by atoms with Gasteiger partial charge in [-0.2, -0.15) is 23.1 Å². The van der Waals surface area contributed by atoms with Crippen molar-refractivity contribution < 1.29 is 31.5 Å². The molecule has 4 atom stereocenters. The van der Waals surface area contributed by atoms with E-state index >= 15 is 0 Å². The molecule has 34 heavy (non-hydrogen) atoms. The van der Waals surface area contributed by atoms with Gasteiger partial charge in [-0.15, -0.1) is 0 Å². The van der Waals surface area contributed by atoms with Crippen molar-refractivity contribution >= 4 is 5.78 Å². The number of ketones is 1. The molecule has 4 rings (SSSR count). The molecule has 2 aliphatic heterocycles. The van der Waals surface area contributed by atoms with Crippen LogP contribution in [0, 0.1) is 6.92 Å². The molecule has 0 spiro atoms. The normalized spacial score (nSPS) is 24.1. The van der Waals surface area contributed by atoms with Crippen LogP contribution in [0.5, 0.6) is 6.01 Å². The van der Waals surface area contributed by atoms with Crippen molar-refractivity contribution in [2.75, 3.05) is 6.61 Å². The summed E-state index contributed by atoms with van der Waals surface area (Å²) in [6, 6.07) is 3.88. The first-order valence-electron chi connectivity index (χ1n) is 11.0. The Bertz CT molecular complexity index is 1090. The molecule has 3 heterocycles. The average molecular weight is 484 g/mol. The Balaban J connectivity index is 1.63. The summed E-state index contributed by atoms with van der Waals surface area (Å²) in [5, 5.41) is 6.20. The lowest BCUT2D eigenvalue weighted by molar-refractivity contribution is -0.154. The van der Waals surface area contributed by atoms with Crippen molar-refractivity contribution in [2.45, 2.75) is 69.9 Å². The number of benzene rings is 1. The SMILES string of the molecule is CCCC(=O)C1NC1c1nc(OCC(F)(F)F)nc([C@H]2NC2c2cccc(C(C)(F)F)c2)c1C. The van der Waals surface area contributed by atoms with Gasteiger partial charge in [0.1, 0.15) is 0 Å². The van der Waals surface area contributed by atoms with Crippen LogP contribution in [0.3, 0.4) is 0 Å². The molecule has 0 amide bonds. The third-order valence-corrected chi connectivity index (χ3v) is 5.92. The standard InChI is InChI=1S/C23H25F5N4O2/c1-4-6-14(33)18-20(30-18)16-11(2)15(31-21(32-16)34-10-23(26,27)28)19-17(29-19)12-7-5-8-13(9-12)22(3,24)25/h5,7-9,17-20,29-30H,4,6,10H2,1-3H3/t17?,18?,19-,20?/m1/s1. The highest BCUT2D eigenvalue weighted by Gasteiger charge is 2.47. The third-order valence-electron chi connectivity index (χ3n) is 5.92. The fourth-order valence-corrected chi connectivity index (χ4v) is 4.07. The van der Waals surface area contributed by atoms with Gasteiger partial charge < -0.3 is 4.74 Å². The number of ether oxygens (including phenoxy) is 1. The van der Waals surface area contributed by atoms with Crippen molar-refractivity contribution in [1.29, 1.82) is 0 Å². The molecule has 2 saturated heterocycles. The summed E-state index contributed by atoms with van der Waals surface area (Å²) in [7, 11) is 0. The molecule has 2 aromatic rings. The summed E-state index contributed by atoms with van der Waals surface area (Å²) >= 11 is 0. The fraction of sp³-hybridized carbons (Fsp3) is 0.522. The summed E-state index contributed by atoms with van der Waals surface area (Å²) in [5.41, 5.74) is 1.91. The molecule has 1 aromatic carbocycles. The number of carbonyl (C=O) groups excluding carboxylic acids is 1. The van der Waals surface area contributed by atoms with Gasteiger partial charge in [0.25, 0.3) is 5.92 Å². The highest BCUT2D eigenvalue weighted by atomic mass is 19.4. The van der Waals surface area contributed by atoms with Gasteiger partial charge >= 0.3 is 12.2 Å². The first-order chi connectivity index (χ1) is 15.9. The van der Waals surface area contributed by atoms with E-state index < -0.39 is 42.8 Å². The Morgan fingerprint density at radius 3 is 2.35 bits per heavy atom. The van der Waals surface area contributed by atoms with Crippen LogP contribution in [0.2, 0.25) is 0 Å². The molecule has 0 aliphatic carbocycles. The molecule has 3 unspecified atom stereocenters. The lowest BCUT2D eigenvalue weighted by atomic mass is 9.99. The van der Waals surface area contributed by atoms with Gasteiger partial charge in [0, 0.05) is 18.9 Å². The van der Waals surface area contributed by atoms with E-state index in [4.69, 9.17) is 4.74 Å². The minimum absolute atomic E-state index is 0.00422. The maximum Gasteiger partial charge on any atom is 0.422 e. The highest BCUT2D eigenvalue weighted by Crippen LogP contribution is 2.46. The van der Waals surface area contributed by atoms with Crippen molar-refractivity contribution in [2.24, 2.45) is 0 Å². The molecule has 2 fully saturated rings. The second kappa shape index (κ2) is 8.84. The predicted molar refractivity (Wildman–Crippen MR) is 113 cm³/mol. The number of nitrogens with one attached hydrogen (secondary N) is 2. The van der Waals surface area contributed by atoms with Crippen LogP contribution in [-0.4, -0.2) is 34.6 Å². The minimum atomic E-state index is -4.57. The van der Waals surface area contributed by atoms with Crippen LogP contribution in [0.4, 0.5) is 22.0 Å². The number of hydrogen-bond acceptors (Lipinski definition) is 6. The van der Waals surface area contributed by atoms with Crippen molar-refractivity contribution in [3.05, 3.63) is 52.3 Å². The van der Waals surface area contributed by atoms with Crippen molar-refractivity contribution in [3.8, 4) is 6.01 Å². The van der Waals surface area contributed by atoms with Crippen molar-refractivity contribution in [3.63, 3.8) is 0 Å². The fourth-order valence-electron chi connectivity index (χ4n) is 4.07. The number of rotatable bonds is 9. The summed E-state index contributed by atoms with van der Waals surface area (Å²) in [4.78, 5) is 20.6. The van der Waals surface area contributed by atoms with E-state index in [1.54, 1.807) is 13.0 Å². The zero-order valence-corrected chi connectivity index (χ0v) is 18.8. The Morgan fingerprint density at radius 1 is 1.06 bits per heavy atom. The number of halogens is 5. The summed E-state index contributed by atoms with van der Waals surface area (Å²) in [6.45, 7) is 2.87. The molecule has 1 aromatic heterocycles. The topological polar surface area (TPSA) is 96.0 Å². The van der Waals surface area contributed by atoms with Gasteiger partial charge in [-0.3, -0.25) is 15.4 Å². The zero-order chi connectivity index (χ0) is 24.8. The Labute approximate surface area is 193 Å². The zero-order valence-electron chi connectivity index (χ0n) is 18.8. The number of Topliss-reactive ketones (excluding diaryl/α,β-unsaturated/α-hetero) is 1. The van der Waals surface area contributed by atoms with E-state index in [-0.39, 0.29) is 17.4 Å². The maximum atomic E-state index is 13.8. The van der Waals surface area contributed by atoms with Crippen molar-refractivity contribution in [1.82, 2.24) is 20.6 Å². The number of hydrogen-bond donors (Lipinski definition) is 2. The van der Waals surface area contributed by atoms with Crippen LogP contribution in [0.25, 0.3) is 0 Å². The summed E-state index contributed by atoms with van der Waals surface area (Å²) in [5.74, 6) is -3.00. The molecule has 0 saturated carbocycles. The van der Waals surface area contributed by atoms with E-state index in [2.05, 4.69) is 20.6 Å². The van der Waals surface area contributed by atoms with Crippen LogP contribution in [-0.2, 0) is 10.7 Å². The molecule has 0 radical (unpaired) electrons. The lowest BCUT2D eigenvalue weighted by Gasteiger charge is -2.14. The Morgan fingerprint density at radius 2 is 1.74 bits per heavy atom. The number of nitrogens with zero attached hydrogens (tertiary/aromatic N) is 2. The van der Waals surface area contributed by atoms with Gasteiger partial charge in [-0.25, -0.2) is 8.78 Å². The first kappa shape index (κ1) is 24.5. The van der Waals surface area contributed by atoms with Crippen LogP contribution in [0.15, 0.2) is 24.3 Å².